The Morgan fingerprint density at radius 1 is 0.882 bits per heavy atom. The van der Waals surface area contributed by atoms with Gasteiger partial charge in [-0.2, -0.15) is 0 Å². The summed E-state index contributed by atoms with van der Waals surface area (Å²) in [5.41, 5.74) is 1.49. The van der Waals surface area contributed by atoms with Crippen LogP contribution in [0.25, 0.3) is 0 Å². The number of amides is 3. The largest absolute Gasteiger partial charge is 0.497 e. The van der Waals surface area contributed by atoms with Gasteiger partial charge in [0, 0.05) is 39.9 Å². The van der Waals surface area contributed by atoms with Gasteiger partial charge in [-0.15, -0.1) is 0 Å². The summed E-state index contributed by atoms with van der Waals surface area (Å²) in [6.07, 6.45) is 3.03. The third kappa shape index (κ3) is 5.10. The van der Waals surface area contributed by atoms with E-state index >= 15 is 0 Å². The number of carbonyl (C=O) groups excluding carboxylic acids is 2. The number of urea groups is 1. The normalized spacial score (nSPS) is 18.2. The summed E-state index contributed by atoms with van der Waals surface area (Å²) in [4.78, 5) is 32.9. The highest BCUT2D eigenvalue weighted by Crippen LogP contribution is 2.38. The van der Waals surface area contributed by atoms with Crippen LogP contribution < -0.4 is 4.74 Å². The first-order valence-corrected chi connectivity index (χ1v) is 12.1. The lowest BCUT2D eigenvalue weighted by Crippen LogP contribution is -2.57. The van der Waals surface area contributed by atoms with Gasteiger partial charge in [-0.05, 0) is 48.9 Å². The van der Waals surface area contributed by atoms with E-state index < -0.39 is 5.54 Å². The van der Waals surface area contributed by atoms with E-state index in [9.17, 15) is 9.59 Å². The Hall–Kier alpha value is -2.90. The number of piperidine rings is 1. The van der Waals surface area contributed by atoms with E-state index in [1.54, 1.807) is 14.2 Å². The first kappa shape index (κ1) is 24.2. The van der Waals surface area contributed by atoms with Crippen molar-refractivity contribution in [2.45, 2.75) is 37.8 Å². The van der Waals surface area contributed by atoms with Crippen LogP contribution in [0, 0.1) is 0 Å². The van der Waals surface area contributed by atoms with Crippen LogP contribution in [0.15, 0.2) is 54.6 Å². The van der Waals surface area contributed by atoms with Crippen LogP contribution >= 0.6 is 0 Å². The lowest BCUT2D eigenvalue weighted by atomic mass is 9.85. The molecule has 7 heteroatoms. The standard InChI is InChI=1S/C27H35N3O4/c1-33-20-6-16-30-26(32)29(21-23-9-11-24(34-2)12-10-23)25(31)27(30)14-18-28(19-15-27)17-13-22-7-4-3-5-8-22/h3-5,7-12H,6,13-21H2,1-2H3. The van der Waals surface area contributed by atoms with Crippen molar-refractivity contribution in [2.75, 3.05) is 47.0 Å². The molecule has 0 radical (unpaired) electrons. The molecule has 0 N–H and O–H groups in total. The molecule has 1 spiro atoms. The highest BCUT2D eigenvalue weighted by molar-refractivity contribution is 6.07. The molecule has 34 heavy (non-hydrogen) atoms. The summed E-state index contributed by atoms with van der Waals surface area (Å²) >= 11 is 0. The number of ether oxygens (including phenoxy) is 2. The number of rotatable bonds is 10. The molecule has 2 aromatic carbocycles. The number of benzene rings is 2. The Bertz CT molecular complexity index is 956. The maximum atomic E-state index is 13.7. The number of hydrogen-bond acceptors (Lipinski definition) is 5. The van der Waals surface area contributed by atoms with E-state index in [0.717, 1.165) is 37.4 Å². The van der Waals surface area contributed by atoms with E-state index in [1.807, 2.05) is 35.2 Å². The number of carbonyl (C=O) groups is 2. The highest BCUT2D eigenvalue weighted by Gasteiger charge is 2.57. The first-order valence-electron chi connectivity index (χ1n) is 12.1. The maximum Gasteiger partial charge on any atom is 0.327 e. The average Bonchev–Trinajstić information content (AvgIpc) is 3.06. The Labute approximate surface area is 202 Å². The minimum absolute atomic E-state index is 0.0616. The van der Waals surface area contributed by atoms with Crippen molar-refractivity contribution in [3.8, 4) is 5.75 Å². The van der Waals surface area contributed by atoms with E-state index in [4.69, 9.17) is 9.47 Å². The van der Waals surface area contributed by atoms with Gasteiger partial charge in [0.15, 0.2) is 0 Å². The van der Waals surface area contributed by atoms with Gasteiger partial charge in [-0.1, -0.05) is 42.5 Å². The molecule has 0 bridgehead atoms. The quantitative estimate of drug-likeness (QED) is 0.397. The molecule has 0 aromatic heterocycles. The molecule has 0 aliphatic carbocycles. The van der Waals surface area contributed by atoms with Crippen molar-refractivity contribution in [3.63, 3.8) is 0 Å². The summed E-state index contributed by atoms with van der Waals surface area (Å²) in [7, 11) is 3.28. The molecule has 2 aliphatic rings. The van der Waals surface area contributed by atoms with Gasteiger partial charge in [0.2, 0.25) is 0 Å². The minimum atomic E-state index is -0.749. The molecule has 3 amide bonds. The summed E-state index contributed by atoms with van der Waals surface area (Å²) < 4.78 is 10.4. The second-order valence-corrected chi connectivity index (χ2v) is 9.13. The molecule has 2 heterocycles. The van der Waals surface area contributed by atoms with Crippen molar-refractivity contribution < 1.29 is 19.1 Å². The van der Waals surface area contributed by atoms with Crippen LogP contribution in [0.4, 0.5) is 4.79 Å². The molecule has 2 saturated heterocycles. The summed E-state index contributed by atoms with van der Waals surface area (Å²) in [6, 6.07) is 17.8. The zero-order valence-electron chi connectivity index (χ0n) is 20.2. The molecule has 2 aromatic rings. The van der Waals surface area contributed by atoms with Crippen molar-refractivity contribution in [2.24, 2.45) is 0 Å². The highest BCUT2D eigenvalue weighted by atomic mass is 16.5. The van der Waals surface area contributed by atoms with Gasteiger partial charge >= 0.3 is 6.03 Å². The number of hydrogen-bond donors (Lipinski definition) is 0. The third-order valence-electron chi connectivity index (χ3n) is 7.09. The van der Waals surface area contributed by atoms with Gasteiger partial charge in [0.05, 0.1) is 13.7 Å². The number of likely N-dealkylation sites (tertiary alicyclic amines) is 1. The fourth-order valence-corrected chi connectivity index (χ4v) is 5.07. The molecule has 7 nitrogen and oxygen atoms in total. The molecular formula is C27H35N3O4. The number of methoxy groups -OCH3 is 2. The minimum Gasteiger partial charge on any atom is -0.497 e. The van der Waals surface area contributed by atoms with Crippen LogP contribution in [0.3, 0.4) is 0 Å². The lowest BCUT2D eigenvalue weighted by Gasteiger charge is -2.42. The molecule has 0 atom stereocenters. The van der Waals surface area contributed by atoms with Crippen LogP contribution in [0.5, 0.6) is 5.75 Å². The average molecular weight is 466 g/mol. The van der Waals surface area contributed by atoms with E-state index in [-0.39, 0.29) is 18.5 Å². The Balaban J connectivity index is 1.45. The molecule has 4 rings (SSSR count). The summed E-state index contributed by atoms with van der Waals surface area (Å²) in [5, 5.41) is 0. The maximum absolute atomic E-state index is 13.7. The summed E-state index contributed by atoms with van der Waals surface area (Å²) in [5.74, 6) is 0.691. The van der Waals surface area contributed by atoms with Gasteiger partial charge in [0.1, 0.15) is 11.3 Å². The van der Waals surface area contributed by atoms with E-state index in [2.05, 4.69) is 29.2 Å². The molecule has 0 saturated carbocycles. The SMILES string of the molecule is COCCCN1C(=O)N(Cc2ccc(OC)cc2)C(=O)C12CCN(CCc1ccccc1)CC2. The second-order valence-electron chi connectivity index (χ2n) is 9.13. The van der Waals surface area contributed by atoms with Gasteiger partial charge in [-0.3, -0.25) is 9.69 Å². The molecule has 2 fully saturated rings. The van der Waals surface area contributed by atoms with Crippen molar-refractivity contribution >= 4 is 11.9 Å². The Morgan fingerprint density at radius 3 is 2.24 bits per heavy atom. The molecule has 2 aliphatic heterocycles. The van der Waals surface area contributed by atoms with E-state index in [0.29, 0.717) is 32.4 Å². The second kappa shape index (κ2) is 11.0. The van der Waals surface area contributed by atoms with Gasteiger partial charge in [0.25, 0.3) is 5.91 Å². The smallest absolute Gasteiger partial charge is 0.327 e. The molecule has 0 unspecified atom stereocenters. The Morgan fingerprint density at radius 2 is 1.59 bits per heavy atom. The van der Waals surface area contributed by atoms with E-state index in [1.165, 1.54) is 10.5 Å². The monoisotopic (exact) mass is 465 g/mol. The Kier molecular flexibility index (Phi) is 7.85. The zero-order chi connectivity index (χ0) is 24.0. The summed E-state index contributed by atoms with van der Waals surface area (Å²) in [6.45, 7) is 3.95. The van der Waals surface area contributed by atoms with Crippen LogP contribution in [0.2, 0.25) is 0 Å². The fraction of sp³-hybridized carbons (Fsp3) is 0.481. The predicted molar refractivity (Wildman–Crippen MR) is 131 cm³/mol. The topological polar surface area (TPSA) is 62.3 Å². The van der Waals surface area contributed by atoms with Gasteiger partial charge < -0.3 is 19.3 Å². The predicted octanol–water partition coefficient (Wildman–Crippen LogP) is 3.57. The third-order valence-corrected chi connectivity index (χ3v) is 7.09. The van der Waals surface area contributed by atoms with Crippen LogP contribution in [-0.2, 0) is 22.5 Å². The fourth-order valence-electron chi connectivity index (χ4n) is 5.07. The van der Waals surface area contributed by atoms with Crippen molar-refractivity contribution in [1.29, 1.82) is 0 Å². The first-order chi connectivity index (χ1) is 16.6. The molecule has 182 valence electrons. The zero-order valence-corrected chi connectivity index (χ0v) is 20.2. The van der Waals surface area contributed by atoms with Gasteiger partial charge in [-0.25, -0.2) is 4.79 Å². The number of imide groups is 1. The van der Waals surface area contributed by atoms with Crippen LogP contribution in [0.1, 0.15) is 30.4 Å². The molecular weight excluding hydrogens is 430 g/mol. The lowest BCUT2D eigenvalue weighted by molar-refractivity contribution is -0.136. The number of nitrogens with zero attached hydrogens (tertiary/aromatic N) is 3. The van der Waals surface area contributed by atoms with Crippen molar-refractivity contribution in [1.82, 2.24) is 14.7 Å². The van der Waals surface area contributed by atoms with Crippen molar-refractivity contribution in [3.05, 3.63) is 65.7 Å². The van der Waals surface area contributed by atoms with Crippen LogP contribution in [-0.4, -0.2) is 79.2 Å².